The molecule has 0 radical (unpaired) electrons. The molecule has 128 valence electrons. The number of aliphatic hydroxyl groups excluding tert-OH is 1. The molecule has 0 bridgehead atoms. The molecule has 2 N–H and O–H groups in total. The van der Waals surface area contributed by atoms with Crippen molar-refractivity contribution in [1.29, 1.82) is 0 Å². The molecule has 1 aromatic heterocycles. The fourth-order valence-corrected chi connectivity index (χ4v) is 3.03. The van der Waals surface area contributed by atoms with E-state index in [1.54, 1.807) is 12.1 Å². The molecular formula is C16H19N3O4S. The molecule has 1 aliphatic heterocycles. The van der Waals surface area contributed by atoms with Crippen molar-refractivity contribution in [2.45, 2.75) is 30.4 Å². The van der Waals surface area contributed by atoms with Crippen molar-refractivity contribution in [2.75, 3.05) is 19.0 Å². The summed E-state index contributed by atoms with van der Waals surface area (Å²) >= 11 is 1.54. The molecule has 7 nitrogen and oxygen atoms in total. The van der Waals surface area contributed by atoms with Crippen LogP contribution in [0.1, 0.15) is 41.0 Å². The minimum absolute atomic E-state index is 0.120. The van der Waals surface area contributed by atoms with E-state index in [1.807, 2.05) is 12.1 Å². The summed E-state index contributed by atoms with van der Waals surface area (Å²) in [6.45, 7) is 1.05. The van der Waals surface area contributed by atoms with Crippen LogP contribution in [0.25, 0.3) is 0 Å². The maximum absolute atomic E-state index is 12.1. The Morgan fingerprint density at radius 2 is 2.21 bits per heavy atom. The van der Waals surface area contributed by atoms with E-state index >= 15 is 0 Å². The van der Waals surface area contributed by atoms with Gasteiger partial charge in [0.05, 0.1) is 13.2 Å². The molecule has 1 aliphatic rings. The molecule has 0 aliphatic carbocycles. The van der Waals surface area contributed by atoms with Gasteiger partial charge in [-0.15, -0.1) is 11.8 Å². The first-order chi connectivity index (χ1) is 11.8. The van der Waals surface area contributed by atoms with Crippen LogP contribution in [0.2, 0.25) is 0 Å². The summed E-state index contributed by atoms with van der Waals surface area (Å²) in [7, 11) is 0. The van der Waals surface area contributed by atoms with Crippen LogP contribution in [0.15, 0.2) is 33.7 Å². The Morgan fingerprint density at radius 3 is 2.92 bits per heavy atom. The van der Waals surface area contributed by atoms with E-state index in [9.17, 15) is 4.79 Å². The number of carbonyl (C=O) groups excluding carboxylic acids is 1. The quantitative estimate of drug-likeness (QED) is 0.737. The topological polar surface area (TPSA) is 97.5 Å². The number of hydrogen-bond acceptors (Lipinski definition) is 7. The van der Waals surface area contributed by atoms with Gasteiger partial charge in [0.2, 0.25) is 0 Å². The Bertz CT molecular complexity index is 668. The van der Waals surface area contributed by atoms with Crippen molar-refractivity contribution >= 4 is 17.7 Å². The van der Waals surface area contributed by atoms with Crippen molar-refractivity contribution < 1.29 is 19.2 Å². The second kappa shape index (κ2) is 8.27. The maximum atomic E-state index is 12.1. The normalized spacial score (nSPS) is 17.1. The first-order valence-corrected chi connectivity index (χ1v) is 8.81. The first-order valence-electron chi connectivity index (χ1n) is 7.82. The molecular weight excluding hydrogens is 330 g/mol. The van der Waals surface area contributed by atoms with Crippen LogP contribution in [0.5, 0.6) is 0 Å². The Hall–Kier alpha value is -1.90. The summed E-state index contributed by atoms with van der Waals surface area (Å²) < 4.78 is 10.7. The first kappa shape index (κ1) is 16.9. The molecule has 2 aromatic rings. The van der Waals surface area contributed by atoms with Crippen molar-refractivity contribution in [3.8, 4) is 0 Å². The lowest BCUT2D eigenvalue weighted by molar-refractivity contribution is 0.0835. The molecule has 1 atom stereocenters. The molecule has 1 saturated heterocycles. The summed E-state index contributed by atoms with van der Waals surface area (Å²) in [5, 5.41) is 15.4. The van der Waals surface area contributed by atoms with Gasteiger partial charge in [0.1, 0.15) is 6.10 Å². The van der Waals surface area contributed by atoms with Gasteiger partial charge in [0, 0.05) is 22.8 Å². The van der Waals surface area contributed by atoms with Crippen LogP contribution in [0, 0.1) is 0 Å². The molecule has 1 unspecified atom stereocenters. The number of amides is 1. The Labute approximate surface area is 143 Å². The van der Waals surface area contributed by atoms with Crippen LogP contribution >= 0.6 is 11.8 Å². The van der Waals surface area contributed by atoms with Gasteiger partial charge in [-0.05, 0) is 37.1 Å². The smallest absolute Gasteiger partial charge is 0.255 e. The zero-order valence-electron chi connectivity index (χ0n) is 13.1. The molecule has 2 heterocycles. The minimum Gasteiger partial charge on any atom is -0.396 e. The monoisotopic (exact) mass is 349 g/mol. The fourth-order valence-electron chi connectivity index (χ4n) is 2.37. The Balaban J connectivity index is 1.51. The Kier molecular flexibility index (Phi) is 5.84. The molecule has 1 amide bonds. The second-order valence-electron chi connectivity index (χ2n) is 5.33. The summed E-state index contributed by atoms with van der Waals surface area (Å²) in [4.78, 5) is 17.4. The number of aromatic nitrogens is 2. The predicted octanol–water partition coefficient (Wildman–Crippen LogP) is 1.94. The predicted molar refractivity (Wildman–Crippen MR) is 87.6 cm³/mol. The van der Waals surface area contributed by atoms with Crippen LogP contribution in [0.4, 0.5) is 0 Å². The minimum atomic E-state index is -0.197. The van der Waals surface area contributed by atoms with Gasteiger partial charge in [-0.3, -0.25) is 4.79 Å². The van der Waals surface area contributed by atoms with Crippen molar-refractivity contribution in [1.82, 2.24) is 15.5 Å². The number of aliphatic hydroxyl groups is 1. The van der Waals surface area contributed by atoms with E-state index in [0.717, 1.165) is 17.7 Å². The average molecular weight is 349 g/mol. The number of thioether (sulfide) groups is 1. The molecule has 1 aromatic carbocycles. The third-order valence-corrected chi connectivity index (χ3v) is 4.56. The van der Waals surface area contributed by atoms with Gasteiger partial charge in [-0.2, -0.15) is 4.98 Å². The summed E-state index contributed by atoms with van der Waals surface area (Å²) in [6, 6.07) is 7.23. The van der Waals surface area contributed by atoms with E-state index in [4.69, 9.17) is 14.4 Å². The molecule has 1 fully saturated rings. The number of carbonyl (C=O) groups is 1. The standard InChI is InChI=1S/C16H19N3O4S/c20-7-9-24-12-5-3-11(4-6-12)15(21)17-10-14-18-16(23-19-14)13-2-1-8-22-13/h3-6,13,20H,1-2,7-10H2,(H,17,21). The number of benzene rings is 1. The lowest BCUT2D eigenvalue weighted by Crippen LogP contribution is -2.23. The molecule has 8 heteroatoms. The molecule has 3 rings (SSSR count). The van der Waals surface area contributed by atoms with Crippen LogP contribution < -0.4 is 5.32 Å². The summed E-state index contributed by atoms with van der Waals surface area (Å²) in [5.74, 6) is 1.35. The number of ether oxygens (including phenoxy) is 1. The number of hydrogen-bond donors (Lipinski definition) is 2. The molecule has 24 heavy (non-hydrogen) atoms. The zero-order chi connectivity index (χ0) is 16.8. The van der Waals surface area contributed by atoms with Gasteiger partial charge >= 0.3 is 0 Å². The van der Waals surface area contributed by atoms with E-state index < -0.39 is 0 Å². The number of nitrogens with one attached hydrogen (secondary N) is 1. The third kappa shape index (κ3) is 4.34. The highest BCUT2D eigenvalue weighted by Gasteiger charge is 2.23. The van der Waals surface area contributed by atoms with E-state index in [-0.39, 0.29) is 25.2 Å². The molecule has 0 spiro atoms. The second-order valence-corrected chi connectivity index (χ2v) is 6.50. The summed E-state index contributed by atoms with van der Waals surface area (Å²) in [5.41, 5.74) is 0.561. The average Bonchev–Trinajstić information content (AvgIpc) is 3.29. The molecule has 0 saturated carbocycles. The highest BCUT2D eigenvalue weighted by Crippen LogP contribution is 2.26. The number of nitrogens with zero attached hydrogens (tertiary/aromatic N) is 2. The largest absolute Gasteiger partial charge is 0.396 e. The van der Waals surface area contributed by atoms with Crippen LogP contribution in [-0.2, 0) is 11.3 Å². The van der Waals surface area contributed by atoms with E-state index in [1.165, 1.54) is 11.8 Å². The van der Waals surface area contributed by atoms with Crippen molar-refractivity contribution in [3.05, 3.63) is 41.5 Å². The summed E-state index contributed by atoms with van der Waals surface area (Å²) in [6.07, 6.45) is 1.76. The zero-order valence-corrected chi connectivity index (χ0v) is 13.9. The fraction of sp³-hybridized carbons (Fsp3) is 0.438. The van der Waals surface area contributed by atoms with E-state index in [2.05, 4.69) is 15.5 Å². The Morgan fingerprint density at radius 1 is 1.38 bits per heavy atom. The van der Waals surface area contributed by atoms with Gasteiger partial charge in [-0.25, -0.2) is 0 Å². The highest BCUT2D eigenvalue weighted by molar-refractivity contribution is 7.99. The maximum Gasteiger partial charge on any atom is 0.255 e. The van der Waals surface area contributed by atoms with Crippen LogP contribution in [-0.4, -0.2) is 40.1 Å². The third-order valence-electron chi connectivity index (χ3n) is 3.57. The lowest BCUT2D eigenvalue weighted by Gasteiger charge is -2.04. The highest BCUT2D eigenvalue weighted by atomic mass is 32.2. The van der Waals surface area contributed by atoms with Gasteiger partial charge < -0.3 is 19.7 Å². The van der Waals surface area contributed by atoms with Crippen LogP contribution in [0.3, 0.4) is 0 Å². The van der Waals surface area contributed by atoms with Gasteiger partial charge in [-0.1, -0.05) is 5.16 Å². The van der Waals surface area contributed by atoms with Gasteiger partial charge in [0.15, 0.2) is 5.82 Å². The van der Waals surface area contributed by atoms with E-state index in [0.29, 0.717) is 29.6 Å². The van der Waals surface area contributed by atoms with Gasteiger partial charge in [0.25, 0.3) is 11.8 Å². The SMILES string of the molecule is O=C(NCc1noc(C2CCCO2)n1)c1ccc(SCCO)cc1. The number of rotatable bonds is 7. The van der Waals surface area contributed by atoms with Crippen molar-refractivity contribution in [2.24, 2.45) is 0 Å². The lowest BCUT2D eigenvalue weighted by atomic mass is 10.2. The van der Waals surface area contributed by atoms with Crippen molar-refractivity contribution in [3.63, 3.8) is 0 Å².